The van der Waals surface area contributed by atoms with E-state index in [1.54, 1.807) is 31.4 Å². The van der Waals surface area contributed by atoms with E-state index in [4.69, 9.17) is 17.0 Å². The molecular formula is C26H25N3O3S. The van der Waals surface area contributed by atoms with Crippen LogP contribution in [0, 0.1) is 0 Å². The highest BCUT2D eigenvalue weighted by atomic mass is 32.1. The molecule has 0 saturated carbocycles. The number of nitrogens with one attached hydrogen (secondary N) is 1. The zero-order chi connectivity index (χ0) is 23.2. The largest absolute Gasteiger partial charge is 0.497 e. The Morgan fingerprint density at radius 1 is 1.00 bits per heavy atom. The Hall–Kier alpha value is -3.71. The number of methoxy groups -OCH3 is 1. The number of anilines is 2. The van der Waals surface area contributed by atoms with Crippen molar-refractivity contribution in [2.45, 2.75) is 18.9 Å². The van der Waals surface area contributed by atoms with Gasteiger partial charge in [-0.25, -0.2) is 4.90 Å². The molecule has 0 aliphatic carbocycles. The van der Waals surface area contributed by atoms with Crippen LogP contribution in [0.2, 0.25) is 0 Å². The molecule has 1 saturated heterocycles. The number of para-hydroxylation sites is 1. The predicted molar refractivity (Wildman–Crippen MR) is 133 cm³/mol. The topological polar surface area (TPSA) is 61.9 Å². The van der Waals surface area contributed by atoms with Gasteiger partial charge in [-0.3, -0.25) is 9.59 Å². The zero-order valence-corrected chi connectivity index (χ0v) is 19.1. The molecule has 1 N–H and O–H groups in total. The van der Waals surface area contributed by atoms with Crippen LogP contribution in [0.4, 0.5) is 11.4 Å². The molecule has 6 nitrogen and oxygen atoms in total. The van der Waals surface area contributed by atoms with Gasteiger partial charge in [0.05, 0.1) is 19.2 Å². The summed E-state index contributed by atoms with van der Waals surface area (Å²) in [4.78, 5) is 29.4. The minimum Gasteiger partial charge on any atom is -0.497 e. The number of carbonyl (C=O) groups is 2. The van der Waals surface area contributed by atoms with E-state index >= 15 is 0 Å². The highest BCUT2D eigenvalue weighted by Gasteiger charge is 2.43. The number of thiocarbonyl (C=S) groups is 1. The van der Waals surface area contributed by atoms with Gasteiger partial charge in [-0.15, -0.1) is 0 Å². The monoisotopic (exact) mass is 459 g/mol. The highest BCUT2D eigenvalue weighted by Crippen LogP contribution is 2.28. The minimum atomic E-state index is -0.674. The van der Waals surface area contributed by atoms with Crippen molar-refractivity contribution in [3.05, 3.63) is 90.5 Å². The second-order valence-corrected chi connectivity index (χ2v) is 8.10. The van der Waals surface area contributed by atoms with Gasteiger partial charge < -0.3 is 15.0 Å². The average Bonchev–Trinajstić information content (AvgIpc) is 3.14. The van der Waals surface area contributed by atoms with E-state index < -0.39 is 6.04 Å². The molecule has 0 radical (unpaired) electrons. The van der Waals surface area contributed by atoms with Crippen LogP contribution in [-0.4, -0.2) is 41.5 Å². The Balaban J connectivity index is 1.57. The van der Waals surface area contributed by atoms with E-state index in [-0.39, 0.29) is 18.2 Å². The molecule has 1 heterocycles. The fourth-order valence-corrected chi connectivity index (χ4v) is 4.21. The Bertz CT molecular complexity index is 1120. The van der Waals surface area contributed by atoms with Gasteiger partial charge in [0.1, 0.15) is 11.8 Å². The van der Waals surface area contributed by atoms with Gasteiger partial charge in [-0.2, -0.15) is 0 Å². The highest BCUT2D eigenvalue weighted by molar-refractivity contribution is 7.80. The van der Waals surface area contributed by atoms with E-state index in [1.807, 2.05) is 65.6 Å². The molecule has 0 spiro atoms. The molecular weight excluding hydrogens is 434 g/mol. The van der Waals surface area contributed by atoms with Crippen molar-refractivity contribution in [1.29, 1.82) is 0 Å². The second-order valence-electron chi connectivity index (χ2n) is 7.71. The van der Waals surface area contributed by atoms with E-state index in [9.17, 15) is 9.59 Å². The van der Waals surface area contributed by atoms with Crippen LogP contribution < -0.4 is 15.0 Å². The molecule has 33 heavy (non-hydrogen) atoms. The summed E-state index contributed by atoms with van der Waals surface area (Å²) in [5.74, 6) is 0.130. The summed E-state index contributed by atoms with van der Waals surface area (Å²) in [6.45, 7) is 0.503. The van der Waals surface area contributed by atoms with E-state index in [2.05, 4.69) is 5.32 Å². The first kappa shape index (κ1) is 22.5. The molecule has 1 atom stereocenters. The SMILES string of the molecule is COc1ccc(N2C(=O)CC(N(CCc3ccccc3)C(=S)Nc3ccccc3)C2=O)cc1. The lowest BCUT2D eigenvalue weighted by Gasteiger charge is -2.30. The third kappa shape index (κ3) is 5.21. The summed E-state index contributed by atoms with van der Waals surface area (Å²) >= 11 is 5.71. The Morgan fingerprint density at radius 3 is 2.27 bits per heavy atom. The number of rotatable bonds is 7. The first-order valence-electron chi connectivity index (χ1n) is 10.7. The van der Waals surface area contributed by atoms with Crippen LogP contribution in [0.25, 0.3) is 0 Å². The molecule has 7 heteroatoms. The molecule has 168 valence electrons. The molecule has 1 aliphatic rings. The lowest BCUT2D eigenvalue weighted by Crippen LogP contribution is -2.48. The fourth-order valence-electron chi connectivity index (χ4n) is 3.87. The Morgan fingerprint density at radius 2 is 1.64 bits per heavy atom. The van der Waals surface area contributed by atoms with Crippen molar-refractivity contribution in [2.75, 3.05) is 23.9 Å². The lowest BCUT2D eigenvalue weighted by molar-refractivity contribution is -0.122. The zero-order valence-electron chi connectivity index (χ0n) is 18.3. The number of amides is 2. The molecule has 0 bridgehead atoms. The fraction of sp³-hybridized carbons (Fsp3) is 0.192. The summed E-state index contributed by atoms with van der Waals surface area (Å²) in [6.07, 6.45) is 0.758. The Labute approximate surface area is 198 Å². The van der Waals surface area contributed by atoms with Gasteiger partial charge in [0.15, 0.2) is 5.11 Å². The van der Waals surface area contributed by atoms with Crippen molar-refractivity contribution >= 4 is 40.5 Å². The predicted octanol–water partition coefficient (Wildman–Crippen LogP) is 4.27. The minimum absolute atomic E-state index is 0.0657. The first-order chi connectivity index (χ1) is 16.1. The number of hydrogen-bond acceptors (Lipinski definition) is 4. The van der Waals surface area contributed by atoms with Gasteiger partial charge in [-0.1, -0.05) is 48.5 Å². The van der Waals surface area contributed by atoms with Gasteiger partial charge in [-0.05, 0) is 60.6 Å². The maximum absolute atomic E-state index is 13.4. The second kappa shape index (κ2) is 10.3. The van der Waals surface area contributed by atoms with Gasteiger partial charge in [0, 0.05) is 12.2 Å². The van der Waals surface area contributed by atoms with Crippen LogP contribution in [0.1, 0.15) is 12.0 Å². The van der Waals surface area contributed by atoms with Crippen molar-refractivity contribution in [2.24, 2.45) is 0 Å². The van der Waals surface area contributed by atoms with E-state index in [1.165, 1.54) is 4.90 Å². The van der Waals surface area contributed by atoms with Crippen LogP contribution in [0.5, 0.6) is 5.75 Å². The van der Waals surface area contributed by atoms with Crippen molar-refractivity contribution in [1.82, 2.24) is 4.90 Å². The third-order valence-corrected chi connectivity index (χ3v) is 5.94. The molecule has 3 aromatic rings. The molecule has 1 fully saturated rings. The van der Waals surface area contributed by atoms with Crippen molar-refractivity contribution < 1.29 is 14.3 Å². The quantitative estimate of drug-likeness (QED) is 0.421. The standard InChI is InChI=1S/C26H25N3O3S/c1-32-22-14-12-21(13-15-22)29-24(30)18-23(25(29)31)28(17-16-19-8-4-2-5-9-19)26(33)27-20-10-6-3-7-11-20/h2-15,23H,16-18H2,1H3,(H,27,33). The third-order valence-electron chi connectivity index (χ3n) is 5.60. The summed E-state index contributed by atoms with van der Waals surface area (Å²) in [5.41, 5.74) is 2.49. The maximum Gasteiger partial charge on any atom is 0.257 e. The summed E-state index contributed by atoms with van der Waals surface area (Å²) in [7, 11) is 1.57. The van der Waals surface area contributed by atoms with Crippen LogP contribution in [-0.2, 0) is 16.0 Å². The number of imide groups is 1. The smallest absolute Gasteiger partial charge is 0.257 e. The Kier molecular flexibility index (Phi) is 7.00. The molecule has 4 rings (SSSR count). The molecule has 0 aromatic heterocycles. The molecule has 1 unspecified atom stereocenters. The maximum atomic E-state index is 13.4. The lowest BCUT2D eigenvalue weighted by atomic mass is 10.1. The van der Waals surface area contributed by atoms with E-state index in [0.29, 0.717) is 29.5 Å². The number of nitrogens with zero attached hydrogens (tertiary/aromatic N) is 2. The summed E-state index contributed by atoms with van der Waals surface area (Å²) in [5, 5.41) is 3.64. The normalized spacial score (nSPS) is 15.4. The number of hydrogen-bond donors (Lipinski definition) is 1. The number of benzene rings is 3. The van der Waals surface area contributed by atoms with Crippen molar-refractivity contribution in [3.8, 4) is 5.75 Å². The number of ether oxygens (including phenoxy) is 1. The number of carbonyl (C=O) groups excluding carboxylic acids is 2. The van der Waals surface area contributed by atoms with Crippen LogP contribution >= 0.6 is 12.2 Å². The first-order valence-corrected chi connectivity index (χ1v) is 11.1. The summed E-state index contributed by atoms with van der Waals surface area (Å²) in [6, 6.07) is 25.8. The summed E-state index contributed by atoms with van der Waals surface area (Å²) < 4.78 is 5.18. The molecule has 1 aliphatic heterocycles. The van der Waals surface area contributed by atoms with Gasteiger partial charge >= 0.3 is 0 Å². The molecule has 3 aromatic carbocycles. The van der Waals surface area contributed by atoms with Crippen LogP contribution in [0.3, 0.4) is 0 Å². The van der Waals surface area contributed by atoms with Crippen molar-refractivity contribution in [3.63, 3.8) is 0 Å². The van der Waals surface area contributed by atoms with Gasteiger partial charge in [0.25, 0.3) is 5.91 Å². The average molecular weight is 460 g/mol. The van der Waals surface area contributed by atoms with Gasteiger partial charge in [0.2, 0.25) is 5.91 Å². The molecule has 2 amide bonds. The van der Waals surface area contributed by atoms with Crippen LogP contribution in [0.15, 0.2) is 84.9 Å². The van der Waals surface area contributed by atoms with E-state index in [0.717, 1.165) is 11.3 Å².